The molecule has 4 aromatic rings. The number of anilines is 1. The molecule has 0 spiro atoms. The molecule has 1 aliphatic heterocycles. The van der Waals surface area contributed by atoms with E-state index in [1.54, 1.807) is 0 Å². The molecule has 0 aliphatic carbocycles. The molecule has 0 bridgehead atoms. The standard InChI is InChI=1S/C25H23N3O5S2/c1-3-28(4-2)15-5-7-17-14(9-22(29)33-20(17)10-15)12-32-16-6-8-18-21(11-16)35-24(26-18)23-27-19(13-34-23)25(30)31/h5-11,19H,3-4,12-13H2,1-2H3,(H,30,31)/t19-/m1/s1. The van der Waals surface area contributed by atoms with E-state index in [1.807, 2.05) is 36.4 Å². The molecule has 1 atom stereocenters. The van der Waals surface area contributed by atoms with Crippen molar-refractivity contribution in [3.05, 3.63) is 63.5 Å². The quantitative estimate of drug-likeness (QED) is 0.339. The molecule has 10 heteroatoms. The fourth-order valence-electron chi connectivity index (χ4n) is 3.99. The van der Waals surface area contributed by atoms with E-state index in [0.717, 1.165) is 39.9 Å². The minimum atomic E-state index is -0.920. The van der Waals surface area contributed by atoms with Crippen molar-refractivity contribution in [2.24, 2.45) is 4.99 Å². The first-order valence-corrected chi connectivity index (χ1v) is 13.0. The van der Waals surface area contributed by atoms with Gasteiger partial charge in [0.25, 0.3) is 0 Å². The number of aliphatic carboxylic acids is 1. The predicted octanol–water partition coefficient (Wildman–Crippen LogP) is 4.77. The van der Waals surface area contributed by atoms with Crippen LogP contribution in [0.25, 0.3) is 21.2 Å². The number of benzene rings is 2. The van der Waals surface area contributed by atoms with Crippen LogP contribution in [0.1, 0.15) is 24.4 Å². The van der Waals surface area contributed by atoms with Crippen LogP contribution < -0.4 is 15.3 Å². The van der Waals surface area contributed by atoms with E-state index >= 15 is 0 Å². The van der Waals surface area contributed by atoms with Crippen LogP contribution in [0.3, 0.4) is 0 Å². The Labute approximate surface area is 209 Å². The zero-order valence-electron chi connectivity index (χ0n) is 19.2. The first-order chi connectivity index (χ1) is 16.9. The van der Waals surface area contributed by atoms with Gasteiger partial charge in [0.1, 0.15) is 28.0 Å². The minimum Gasteiger partial charge on any atom is -0.489 e. The maximum absolute atomic E-state index is 12.2. The second-order valence-electron chi connectivity index (χ2n) is 7.98. The van der Waals surface area contributed by atoms with Crippen LogP contribution in [0.5, 0.6) is 5.75 Å². The van der Waals surface area contributed by atoms with Gasteiger partial charge in [-0.25, -0.2) is 14.6 Å². The Kier molecular flexibility index (Phi) is 6.48. The molecule has 35 heavy (non-hydrogen) atoms. The normalized spacial score (nSPS) is 15.5. The molecule has 2 aromatic carbocycles. The smallest absolute Gasteiger partial charge is 0.336 e. The Balaban J connectivity index is 1.38. The molecule has 1 N–H and O–H groups in total. The van der Waals surface area contributed by atoms with Crippen LogP contribution in [0, 0.1) is 0 Å². The van der Waals surface area contributed by atoms with Gasteiger partial charge in [-0.1, -0.05) is 0 Å². The molecule has 3 heterocycles. The highest BCUT2D eigenvalue weighted by atomic mass is 32.2. The average molecular weight is 510 g/mol. The van der Waals surface area contributed by atoms with Gasteiger partial charge < -0.3 is 19.2 Å². The minimum absolute atomic E-state index is 0.215. The number of hydrogen-bond donors (Lipinski definition) is 1. The summed E-state index contributed by atoms with van der Waals surface area (Å²) in [5, 5.41) is 11.4. The van der Waals surface area contributed by atoms with Crippen LogP contribution in [-0.4, -0.2) is 46.0 Å². The third kappa shape index (κ3) is 4.76. The zero-order valence-corrected chi connectivity index (χ0v) is 20.8. The van der Waals surface area contributed by atoms with Crippen LogP contribution in [-0.2, 0) is 11.4 Å². The number of thiazole rings is 1. The van der Waals surface area contributed by atoms with Crippen LogP contribution in [0.4, 0.5) is 5.69 Å². The number of aliphatic imine (C=N–C) groups is 1. The summed E-state index contributed by atoms with van der Waals surface area (Å²) in [4.78, 5) is 34.5. The van der Waals surface area contributed by atoms with Gasteiger partial charge in [0.05, 0.1) is 10.2 Å². The summed E-state index contributed by atoms with van der Waals surface area (Å²) in [6, 6.07) is 12.2. The lowest BCUT2D eigenvalue weighted by Crippen LogP contribution is -2.21. The molecule has 0 radical (unpaired) electrons. The second kappa shape index (κ2) is 9.71. The Morgan fingerprint density at radius 3 is 2.77 bits per heavy atom. The van der Waals surface area contributed by atoms with E-state index in [-0.39, 0.29) is 6.61 Å². The molecule has 8 nitrogen and oxygen atoms in total. The van der Waals surface area contributed by atoms with Crippen molar-refractivity contribution in [3.8, 4) is 5.75 Å². The Morgan fingerprint density at radius 2 is 2.03 bits per heavy atom. The molecule has 1 aliphatic rings. The van der Waals surface area contributed by atoms with Gasteiger partial charge >= 0.3 is 11.6 Å². The van der Waals surface area contributed by atoms with Gasteiger partial charge in [-0.3, -0.25) is 4.99 Å². The lowest BCUT2D eigenvalue weighted by molar-refractivity contribution is -0.137. The van der Waals surface area contributed by atoms with Crippen LogP contribution in [0.15, 0.2) is 56.7 Å². The number of carboxylic acids is 1. The number of ether oxygens (including phenoxy) is 1. The number of carboxylic acid groups (broad SMARTS) is 1. The average Bonchev–Trinajstić information content (AvgIpc) is 3.50. The van der Waals surface area contributed by atoms with Crippen molar-refractivity contribution >= 4 is 61.0 Å². The Hall–Kier alpha value is -3.37. The van der Waals surface area contributed by atoms with E-state index < -0.39 is 17.6 Å². The first-order valence-electron chi connectivity index (χ1n) is 11.2. The molecular formula is C25H23N3O5S2. The molecule has 180 valence electrons. The molecular weight excluding hydrogens is 486 g/mol. The lowest BCUT2D eigenvalue weighted by Gasteiger charge is -2.21. The van der Waals surface area contributed by atoms with Crippen molar-refractivity contribution in [3.63, 3.8) is 0 Å². The molecule has 0 unspecified atom stereocenters. The highest BCUT2D eigenvalue weighted by Crippen LogP contribution is 2.32. The second-order valence-corrected chi connectivity index (χ2v) is 10.0. The summed E-state index contributed by atoms with van der Waals surface area (Å²) in [5.74, 6) is 0.152. The number of nitrogens with zero attached hydrogens (tertiary/aromatic N) is 3. The molecule has 5 rings (SSSR count). The lowest BCUT2D eigenvalue weighted by atomic mass is 10.1. The van der Waals surface area contributed by atoms with Gasteiger partial charge in [-0.2, -0.15) is 0 Å². The van der Waals surface area contributed by atoms with Crippen LogP contribution in [0.2, 0.25) is 0 Å². The van der Waals surface area contributed by atoms with Crippen LogP contribution >= 0.6 is 23.1 Å². The summed E-state index contributed by atoms with van der Waals surface area (Å²) >= 11 is 2.86. The molecule has 0 saturated carbocycles. The number of fused-ring (bicyclic) bond motifs is 2. The summed E-state index contributed by atoms with van der Waals surface area (Å²) < 4.78 is 12.4. The maximum Gasteiger partial charge on any atom is 0.336 e. The SMILES string of the molecule is CCN(CC)c1ccc2c(COc3ccc4nc(C5=N[C@@H](C(=O)O)CS5)sc4c3)cc(=O)oc2c1. The summed E-state index contributed by atoms with van der Waals surface area (Å²) in [6.45, 7) is 6.12. The third-order valence-corrected chi connectivity index (χ3v) is 8.02. The van der Waals surface area contributed by atoms with Gasteiger partial charge in [0.15, 0.2) is 6.04 Å². The fourth-order valence-corrected chi connectivity index (χ4v) is 6.08. The Bertz CT molecular complexity index is 1510. The number of thioether (sulfide) groups is 1. The van der Waals surface area contributed by atoms with E-state index in [1.165, 1.54) is 29.2 Å². The first kappa shape index (κ1) is 23.4. The summed E-state index contributed by atoms with van der Waals surface area (Å²) in [7, 11) is 0. The fraction of sp³-hybridized carbons (Fsp3) is 0.280. The summed E-state index contributed by atoms with van der Waals surface area (Å²) in [5.41, 5.74) is 2.69. The molecule has 2 aromatic heterocycles. The monoisotopic (exact) mass is 509 g/mol. The van der Waals surface area contributed by atoms with Crippen molar-refractivity contribution in [2.45, 2.75) is 26.5 Å². The van der Waals surface area contributed by atoms with E-state index in [2.05, 4.69) is 28.7 Å². The van der Waals surface area contributed by atoms with Gasteiger partial charge in [0.2, 0.25) is 0 Å². The van der Waals surface area contributed by atoms with Crippen molar-refractivity contribution in [2.75, 3.05) is 23.7 Å². The third-order valence-electron chi connectivity index (χ3n) is 5.82. The number of hydrogen-bond acceptors (Lipinski definition) is 9. The topological polar surface area (TPSA) is 105 Å². The number of rotatable bonds is 8. The maximum atomic E-state index is 12.2. The van der Waals surface area contributed by atoms with Crippen molar-refractivity contribution in [1.82, 2.24) is 4.98 Å². The van der Waals surface area contributed by atoms with E-state index in [0.29, 0.717) is 27.1 Å². The van der Waals surface area contributed by atoms with E-state index in [9.17, 15) is 9.59 Å². The highest BCUT2D eigenvalue weighted by Gasteiger charge is 2.27. The van der Waals surface area contributed by atoms with Gasteiger partial charge in [-0.15, -0.1) is 23.1 Å². The van der Waals surface area contributed by atoms with E-state index in [4.69, 9.17) is 14.3 Å². The largest absolute Gasteiger partial charge is 0.489 e. The van der Waals surface area contributed by atoms with Crippen molar-refractivity contribution in [1.29, 1.82) is 0 Å². The highest BCUT2D eigenvalue weighted by molar-refractivity contribution is 8.15. The van der Waals surface area contributed by atoms with Crippen molar-refractivity contribution < 1.29 is 19.1 Å². The van der Waals surface area contributed by atoms with Gasteiger partial charge in [-0.05, 0) is 44.2 Å². The summed E-state index contributed by atoms with van der Waals surface area (Å²) in [6.07, 6.45) is 0. The number of aromatic nitrogens is 1. The predicted molar refractivity (Wildman–Crippen MR) is 140 cm³/mol. The zero-order chi connectivity index (χ0) is 24.5. The van der Waals surface area contributed by atoms with Gasteiger partial charge in [0, 0.05) is 47.6 Å². The Morgan fingerprint density at radius 1 is 1.20 bits per heavy atom. The molecule has 0 saturated heterocycles. The molecule has 0 fully saturated rings. The number of carbonyl (C=O) groups is 1. The molecule has 0 amide bonds.